The lowest BCUT2D eigenvalue weighted by Gasteiger charge is -2.34. The molecule has 0 aliphatic carbocycles. The summed E-state index contributed by atoms with van der Waals surface area (Å²) in [6, 6.07) is 4.09. The van der Waals surface area contributed by atoms with E-state index in [-0.39, 0.29) is 11.9 Å². The van der Waals surface area contributed by atoms with Crippen LogP contribution in [0.15, 0.2) is 29.2 Å². The Balaban J connectivity index is 1.42. The number of piperidine rings is 1. The summed E-state index contributed by atoms with van der Waals surface area (Å²) >= 11 is 0. The van der Waals surface area contributed by atoms with Crippen LogP contribution in [0.25, 0.3) is 11.2 Å². The maximum atomic E-state index is 13.3. The third kappa shape index (κ3) is 3.42. The van der Waals surface area contributed by atoms with Crippen molar-refractivity contribution in [3.8, 4) is 0 Å². The highest BCUT2D eigenvalue weighted by Crippen LogP contribution is 2.32. The summed E-state index contributed by atoms with van der Waals surface area (Å²) in [5.41, 5.74) is 2.99. The molecule has 2 aliphatic rings. The number of carbonyl (C=O) groups is 1. The van der Waals surface area contributed by atoms with Crippen LogP contribution in [-0.2, 0) is 4.74 Å². The smallest absolute Gasteiger partial charge is 0.256 e. The fraction of sp³-hybridized carbons (Fsp3) is 0.524. The predicted octanol–water partition coefficient (Wildman–Crippen LogP) is 3.45. The molecule has 2 saturated heterocycles. The first-order chi connectivity index (χ1) is 14.2. The molecule has 1 atom stereocenters. The Bertz CT molecular complexity index is 1020. The van der Waals surface area contributed by atoms with Crippen LogP contribution in [0.5, 0.6) is 0 Å². The summed E-state index contributed by atoms with van der Waals surface area (Å²) in [4.78, 5) is 24.4. The van der Waals surface area contributed by atoms with E-state index >= 15 is 0 Å². The zero-order valence-corrected chi connectivity index (χ0v) is 16.6. The number of nitrogens with zero attached hydrogens (tertiary/aromatic N) is 5. The van der Waals surface area contributed by atoms with E-state index in [1.165, 1.54) is 0 Å². The van der Waals surface area contributed by atoms with Crippen LogP contribution in [-0.4, -0.2) is 50.3 Å². The number of carbonyl (C=O) groups excluding carboxylic acids is 1. The standard InChI is InChI=1S/C21H25N5O3/c1-14-10-17(24-29-14)19-4-2-3-7-25(19)21(27)15-11-18-20(22-12-15)26(13-23-18)16-5-8-28-9-6-16/h10-13,16,19H,2-9H2,1H3. The van der Waals surface area contributed by atoms with Crippen LogP contribution < -0.4 is 0 Å². The van der Waals surface area contributed by atoms with Crippen molar-refractivity contribution in [3.05, 3.63) is 41.7 Å². The van der Waals surface area contributed by atoms with Gasteiger partial charge in [-0.3, -0.25) is 4.79 Å². The van der Waals surface area contributed by atoms with Gasteiger partial charge in [-0.15, -0.1) is 0 Å². The van der Waals surface area contributed by atoms with Crippen molar-refractivity contribution in [1.29, 1.82) is 0 Å². The second kappa shape index (κ2) is 7.59. The lowest BCUT2D eigenvalue weighted by atomic mass is 9.98. The zero-order chi connectivity index (χ0) is 19.8. The van der Waals surface area contributed by atoms with Crippen molar-refractivity contribution in [1.82, 2.24) is 24.6 Å². The molecule has 1 unspecified atom stereocenters. The Morgan fingerprint density at radius 3 is 2.79 bits per heavy atom. The predicted molar refractivity (Wildman–Crippen MR) is 105 cm³/mol. The fourth-order valence-corrected chi connectivity index (χ4v) is 4.46. The Morgan fingerprint density at radius 2 is 2.00 bits per heavy atom. The maximum Gasteiger partial charge on any atom is 0.256 e. The SMILES string of the molecule is Cc1cc(C2CCCCN2C(=O)c2cnc3c(c2)ncn3C2CCOCC2)no1. The van der Waals surface area contributed by atoms with Crippen LogP contribution in [0.1, 0.15) is 66.0 Å². The fourth-order valence-electron chi connectivity index (χ4n) is 4.46. The van der Waals surface area contributed by atoms with Gasteiger partial charge >= 0.3 is 0 Å². The second-order valence-electron chi connectivity index (χ2n) is 7.93. The van der Waals surface area contributed by atoms with Crippen LogP contribution in [0.2, 0.25) is 0 Å². The lowest BCUT2D eigenvalue weighted by Crippen LogP contribution is -2.38. The molecule has 0 radical (unpaired) electrons. The minimum absolute atomic E-state index is 0.0228. The lowest BCUT2D eigenvalue weighted by molar-refractivity contribution is 0.0601. The van der Waals surface area contributed by atoms with Crippen molar-refractivity contribution in [2.24, 2.45) is 0 Å². The summed E-state index contributed by atoms with van der Waals surface area (Å²) in [5, 5.41) is 4.16. The summed E-state index contributed by atoms with van der Waals surface area (Å²) in [7, 11) is 0. The van der Waals surface area contributed by atoms with Crippen molar-refractivity contribution in [2.75, 3.05) is 19.8 Å². The molecule has 2 aliphatic heterocycles. The number of amides is 1. The highest BCUT2D eigenvalue weighted by atomic mass is 16.5. The number of likely N-dealkylation sites (tertiary alicyclic amines) is 1. The largest absolute Gasteiger partial charge is 0.381 e. The van der Waals surface area contributed by atoms with Crippen molar-refractivity contribution in [3.63, 3.8) is 0 Å². The molecule has 3 aromatic rings. The number of imidazole rings is 1. The Labute approximate surface area is 168 Å². The van der Waals surface area contributed by atoms with Crippen LogP contribution in [0.4, 0.5) is 0 Å². The molecule has 0 bridgehead atoms. The van der Waals surface area contributed by atoms with E-state index in [1.54, 1.807) is 6.20 Å². The maximum absolute atomic E-state index is 13.3. The molecule has 5 heterocycles. The van der Waals surface area contributed by atoms with Gasteiger partial charge in [0.15, 0.2) is 5.65 Å². The first-order valence-electron chi connectivity index (χ1n) is 10.4. The second-order valence-corrected chi connectivity index (χ2v) is 7.93. The molecule has 3 aromatic heterocycles. The number of aromatic nitrogens is 4. The van der Waals surface area contributed by atoms with E-state index in [0.29, 0.717) is 18.2 Å². The average Bonchev–Trinajstić information content (AvgIpc) is 3.39. The van der Waals surface area contributed by atoms with Gasteiger partial charge in [0.25, 0.3) is 5.91 Å². The first kappa shape index (κ1) is 18.3. The van der Waals surface area contributed by atoms with Crippen LogP contribution >= 0.6 is 0 Å². The number of rotatable bonds is 3. The van der Waals surface area contributed by atoms with Gasteiger partial charge in [0, 0.05) is 38.1 Å². The third-order valence-corrected chi connectivity index (χ3v) is 6.00. The summed E-state index contributed by atoms with van der Waals surface area (Å²) in [5.74, 6) is 0.741. The third-order valence-electron chi connectivity index (χ3n) is 6.00. The summed E-state index contributed by atoms with van der Waals surface area (Å²) in [6.45, 7) is 4.11. The molecule has 152 valence electrons. The molecule has 5 rings (SSSR count). The number of pyridine rings is 1. The van der Waals surface area contributed by atoms with Crippen molar-refractivity contribution >= 4 is 17.1 Å². The van der Waals surface area contributed by atoms with E-state index < -0.39 is 0 Å². The van der Waals surface area contributed by atoms with E-state index in [2.05, 4.69) is 19.7 Å². The van der Waals surface area contributed by atoms with Crippen molar-refractivity contribution in [2.45, 2.75) is 51.1 Å². The highest BCUT2D eigenvalue weighted by Gasteiger charge is 2.31. The molecular weight excluding hydrogens is 370 g/mol. The molecule has 0 spiro atoms. The van der Waals surface area contributed by atoms with Gasteiger partial charge < -0.3 is 18.7 Å². The number of ether oxygens (including phenoxy) is 1. The van der Waals surface area contributed by atoms with E-state index in [1.807, 2.05) is 30.3 Å². The molecule has 29 heavy (non-hydrogen) atoms. The van der Waals surface area contributed by atoms with E-state index in [4.69, 9.17) is 9.26 Å². The van der Waals surface area contributed by atoms with Gasteiger partial charge in [-0.25, -0.2) is 9.97 Å². The van der Waals surface area contributed by atoms with Gasteiger partial charge in [0.05, 0.1) is 17.9 Å². The molecule has 1 amide bonds. The van der Waals surface area contributed by atoms with Gasteiger partial charge in [-0.05, 0) is 45.1 Å². The van der Waals surface area contributed by atoms with Crippen LogP contribution in [0.3, 0.4) is 0 Å². The Hall–Kier alpha value is -2.74. The molecule has 0 N–H and O–H groups in total. The van der Waals surface area contributed by atoms with Gasteiger partial charge in [-0.1, -0.05) is 5.16 Å². The van der Waals surface area contributed by atoms with Gasteiger partial charge in [0.2, 0.25) is 0 Å². The number of aryl methyl sites for hydroxylation is 1. The molecule has 8 nitrogen and oxygen atoms in total. The molecule has 8 heteroatoms. The van der Waals surface area contributed by atoms with E-state index in [0.717, 1.165) is 67.9 Å². The average molecular weight is 395 g/mol. The molecule has 0 saturated carbocycles. The normalized spacial score (nSPS) is 21.0. The first-order valence-corrected chi connectivity index (χ1v) is 10.4. The Kier molecular flexibility index (Phi) is 4.79. The van der Waals surface area contributed by atoms with E-state index in [9.17, 15) is 4.79 Å². The molecular formula is C21H25N5O3. The summed E-state index contributed by atoms with van der Waals surface area (Å²) < 4.78 is 12.8. The summed E-state index contributed by atoms with van der Waals surface area (Å²) in [6.07, 6.45) is 8.40. The monoisotopic (exact) mass is 395 g/mol. The highest BCUT2D eigenvalue weighted by molar-refractivity contribution is 5.96. The van der Waals surface area contributed by atoms with Gasteiger partial charge in [0.1, 0.15) is 17.0 Å². The Morgan fingerprint density at radius 1 is 1.14 bits per heavy atom. The minimum atomic E-state index is -0.0517. The number of hydrogen-bond donors (Lipinski definition) is 0. The van der Waals surface area contributed by atoms with Crippen molar-refractivity contribution < 1.29 is 14.1 Å². The number of hydrogen-bond acceptors (Lipinski definition) is 6. The topological polar surface area (TPSA) is 86.3 Å². The van der Waals surface area contributed by atoms with Gasteiger partial charge in [-0.2, -0.15) is 0 Å². The minimum Gasteiger partial charge on any atom is -0.381 e. The number of fused-ring (bicyclic) bond motifs is 1. The molecule has 2 fully saturated rings. The quantitative estimate of drug-likeness (QED) is 0.675. The molecule has 0 aromatic carbocycles. The zero-order valence-electron chi connectivity index (χ0n) is 16.6. The van der Waals surface area contributed by atoms with Crippen LogP contribution in [0, 0.1) is 6.92 Å².